The molecule has 0 N–H and O–H groups in total. The molecule has 0 amide bonds. The van der Waals surface area contributed by atoms with Gasteiger partial charge in [-0.3, -0.25) is 4.79 Å². The van der Waals surface area contributed by atoms with E-state index >= 15 is 0 Å². The number of rotatable bonds is 5. The second-order valence-corrected chi connectivity index (χ2v) is 4.15. The number of carbonyl (C=O) groups is 2. The Morgan fingerprint density at radius 2 is 2.18 bits per heavy atom. The number of carbonyl (C=O) groups excluding carboxylic acids is 2. The molecule has 1 aromatic rings. The van der Waals surface area contributed by atoms with E-state index < -0.39 is 5.97 Å². The average molecular weight is 234 g/mol. The lowest BCUT2D eigenvalue weighted by Crippen LogP contribution is -2.05. The Hall–Kier alpha value is -1.84. The summed E-state index contributed by atoms with van der Waals surface area (Å²) in [6.07, 6.45) is 3.07. The summed E-state index contributed by atoms with van der Waals surface area (Å²) in [4.78, 5) is 22.2. The average Bonchev–Trinajstić information content (AvgIpc) is 3.19. The SMILES string of the molecule is COC(=O)c1cc(C=O)cc(OCC2CC2)c1. The van der Waals surface area contributed by atoms with E-state index in [9.17, 15) is 9.59 Å². The van der Waals surface area contributed by atoms with Gasteiger partial charge < -0.3 is 9.47 Å². The first-order chi connectivity index (χ1) is 8.22. The molecule has 0 aliphatic heterocycles. The van der Waals surface area contributed by atoms with Gasteiger partial charge in [-0.15, -0.1) is 0 Å². The van der Waals surface area contributed by atoms with Gasteiger partial charge in [0.2, 0.25) is 0 Å². The van der Waals surface area contributed by atoms with E-state index in [0.29, 0.717) is 35.7 Å². The van der Waals surface area contributed by atoms with Gasteiger partial charge in [0.05, 0.1) is 19.3 Å². The van der Waals surface area contributed by atoms with Crippen molar-refractivity contribution in [2.45, 2.75) is 12.8 Å². The fourth-order valence-corrected chi connectivity index (χ4v) is 1.51. The number of benzene rings is 1. The summed E-state index contributed by atoms with van der Waals surface area (Å²) in [5, 5.41) is 0. The van der Waals surface area contributed by atoms with Crippen LogP contribution in [-0.2, 0) is 4.74 Å². The van der Waals surface area contributed by atoms with Crippen LogP contribution in [0.1, 0.15) is 33.6 Å². The molecule has 0 spiro atoms. The Bertz CT molecular complexity index is 435. The van der Waals surface area contributed by atoms with Crippen LogP contribution in [0.5, 0.6) is 5.75 Å². The summed E-state index contributed by atoms with van der Waals surface area (Å²) >= 11 is 0. The fourth-order valence-electron chi connectivity index (χ4n) is 1.51. The van der Waals surface area contributed by atoms with Crippen molar-refractivity contribution in [2.75, 3.05) is 13.7 Å². The molecule has 0 unspecified atom stereocenters. The largest absolute Gasteiger partial charge is 0.493 e. The molecule has 0 bridgehead atoms. The first-order valence-electron chi connectivity index (χ1n) is 5.54. The molecular weight excluding hydrogens is 220 g/mol. The van der Waals surface area contributed by atoms with Crippen molar-refractivity contribution in [3.63, 3.8) is 0 Å². The second-order valence-electron chi connectivity index (χ2n) is 4.15. The highest BCUT2D eigenvalue weighted by atomic mass is 16.5. The normalized spacial score (nSPS) is 14.2. The van der Waals surface area contributed by atoms with Crippen molar-refractivity contribution in [1.29, 1.82) is 0 Å². The number of esters is 1. The van der Waals surface area contributed by atoms with Crippen LogP contribution in [0.25, 0.3) is 0 Å². The van der Waals surface area contributed by atoms with Gasteiger partial charge >= 0.3 is 5.97 Å². The van der Waals surface area contributed by atoms with Gasteiger partial charge in [0.15, 0.2) is 0 Å². The summed E-state index contributed by atoms with van der Waals surface area (Å²) < 4.78 is 10.2. The minimum Gasteiger partial charge on any atom is -0.493 e. The minimum absolute atomic E-state index is 0.336. The van der Waals surface area contributed by atoms with Crippen molar-refractivity contribution in [3.05, 3.63) is 29.3 Å². The van der Waals surface area contributed by atoms with E-state index in [-0.39, 0.29) is 0 Å². The number of ether oxygens (including phenoxy) is 2. The zero-order valence-electron chi connectivity index (χ0n) is 9.64. The highest BCUT2D eigenvalue weighted by molar-refractivity contribution is 5.92. The predicted octanol–water partition coefficient (Wildman–Crippen LogP) is 2.07. The van der Waals surface area contributed by atoms with E-state index in [1.807, 2.05) is 0 Å². The maximum absolute atomic E-state index is 11.4. The van der Waals surface area contributed by atoms with Crippen molar-refractivity contribution < 1.29 is 19.1 Å². The van der Waals surface area contributed by atoms with Crippen LogP contribution in [0.2, 0.25) is 0 Å². The van der Waals surface area contributed by atoms with Crippen LogP contribution in [0.4, 0.5) is 0 Å². The third-order valence-corrected chi connectivity index (χ3v) is 2.67. The Morgan fingerprint density at radius 3 is 2.76 bits per heavy atom. The smallest absolute Gasteiger partial charge is 0.338 e. The molecule has 0 heterocycles. The second kappa shape index (κ2) is 4.99. The summed E-state index contributed by atoms with van der Waals surface area (Å²) in [5.41, 5.74) is 0.751. The molecular formula is C13H14O4. The van der Waals surface area contributed by atoms with Crippen LogP contribution in [-0.4, -0.2) is 26.0 Å². The van der Waals surface area contributed by atoms with E-state index in [0.717, 1.165) is 0 Å². The van der Waals surface area contributed by atoms with Crippen molar-refractivity contribution in [3.8, 4) is 5.75 Å². The van der Waals surface area contributed by atoms with Gasteiger partial charge in [0.1, 0.15) is 12.0 Å². The third-order valence-electron chi connectivity index (χ3n) is 2.67. The number of hydrogen-bond acceptors (Lipinski definition) is 4. The third kappa shape index (κ3) is 3.06. The van der Waals surface area contributed by atoms with Crippen LogP contribution >= 0.6 is 0 Å². The highest BCUT2D eigenvalue weighted by Gasteiger charge is 2.22. The molecule has 0 aromatic heterocycles. The van der Waals surface area contributed by atoms with Crippen molar-refractivity contribution in [2.24, 2.45) is 5.92 Å². The maximum atomic E-state index is 11.4. The van der Waals surface area contributed by atoms with E-state index in [4.69, 9.17) is 4.74 Å². The maximum Gasteiger partial charge on any atom is 0.338 e. The number of aldehydes is 1. The summed E-state index contributed by atoms with van der Waals surface area (Å²) in [5.74, 6) is 0.698. The Labute approximate surface area is 99.5 Å². The molecule has 1 aliphatic rings. The van der Waals surface area contributed by atoms with Crippen LogP contribution in [0, 0.1) is 5.92 Å². The topological polar surface area (TPSA) is 52.6 Å². The zero-order valence-corrected chi connectivity index (χ0v) is 9.64. The van der Waals surface area contributed by atoms with E-state index in [2.05, 4.69) is 4.74 Å². The Balaban J connectivity index is 2.17. The molecule has 0 atom stereocenters. The molecule has 90 valence electrons. The number of methoxy groups -OCH3 is 1. The number of hydrogen-bond donors (Lipinski definition) is 0. The lowest BCUT2D eigenvalue weighted by molar-refractivity contribution is 0.0600. The molecule has 17 heavy (non-hydrogen) atoms. The molecule has 1 fully saturated rings. The predicted molar refractivity (Wildman–Crippen MR) is 61.4 cm³/mol. The van der Waals surface area contributed by atoms with Crippen LogP contribution in [0.15, 0.2) is 18.2 Å². The highest BCUT2D eigenvalue weighted by Crippen LogP contribution is 2.30. The lowest BCUT2D eigenvalue weighted by atomic mass is 10.1. The summed E-state index contributed by atoms with van der Waals surface area (Å²) in [7, 11) is 1.31. The first-order valence-corrected chi connectivity index (χ1v) is 5.54. The van der Waals surface area contributed by atoms with Gasteiger partial charge in [-0.05, 0) is 37.0 Å². The standard InChI is InChI=1S/C13H14O4/c1-16-13(15)11-4-10(7-14)5-12(6-11)17-8-9-2-3-9/h4-7,9H,2-3,8H2,1H3. The molecule has 2 rings (SSSR count). The van der Waals surface area contributed by atoms with E-state index in [1.165, 1.54) is 26.0 Å². The van der Waals surface area contributed by atoms with Gasteiger partial charge in [-0.1, -0.05) is 0 Å². The molecule has 1 aliphatic carbocycles. The van der Waals surface area contributed by atoms with Gasteiger partial charge in [-0.25, -0.2) is 4.79 Å². The summed E-state index contributed by atoms with van der Waals surface area (Å²) in [6, 6.07) is 4.71. The molecule has 4 nitrogen and oxygen atoms in total. The zero-order chi connectivity index (χ0) is 12.3. The molecule has 0 saturated heterocycles. The quantitative estimate of drug-likeness (QED) is 0.578. The first kappa shape index (κ1) is 11.6. The monoisotopic (exact) mass is 234 g/mol. The van der Waals surface area contributed by atoms with Crippen LogP contribution < -0.4 is 4.74 Å². The van der Waals surface area contributed by atoms with Crippen molar-refractivity contribution >= 4 is 12.3 Å². The molecule has 1 saturated carbocycles. The Kier molecular flexibility index (Phi) is 3.42. The van der Waals surface area contributed by atoms with E-state index in [1.54, 1.807) is 12.1 Å². The lowest BCUT2D eigenvalue weighted by Gasteiger charge is -2.07. The fraction of sp³-hybridized carbons (Fsp3) is 0.385. The minimum atomic E-state index is -0.468. The summed E-state index contributed by atoms with van der Waals surface area (Å²) in [6.45, 7) is 0.642. The van der Waals surface area contributed by atoms with Gasteiger partial charge in [-0.2, -0.15) is 0 Å². The molecule has 0 radical (unpaired) electrons. The molecule has 4 heteroatoms. The Morgan fingerprint density at radius 1 is 1.41 bits per heavy atom. The van der Waals surface area contributed by atoms with Crippen LogP contribution in [0.3, 0.4) is 0 Å². The van der Waals surface area contributed by atoms with Crippen molar-refractivity contribution in [1.82, 2.24) is 0 Å². The molecule has 1 aromatic carbocycles. The van der Waals surface area contributed by atoms with Gasteiger partial charge in [0, 0.05) is 5.56 Å². The van der Waals surface area contributed by atoms with Gasteiger partial charge in [0.25, 0.3) is 0 Å².